The first-order valence-electron chi connectivity index (χ1n) is 5.97. The molecule has 0 aliphatic heterocycles. The Morgan fingerprint density at radius 1 is 1.17 bits per heavy atom. The number of nitrogens with zero attached hydrogens (tertiary/aromatic N) is 2. The number of fused-ring (bicyclic) bond motifs is 3. The second-order valence-electron chi connectivity index (χ2n) is 4.21. The lowest BCUT2D eigenvalue weighted by Crippen LogP contribution is -2.11. The third-order valence-electron chi connectivity index (χ3n) is 3.15. The number of aromatic nitrogens is 2. The highest BCUT2D eigenvalue weighted by Crippen LogP contribution is 2.25. The summed E-state index contributed by atoms with van der Waals surface area (Å²) >= 11 is 0. The third kappa shape index (κ3) is 1.58. The predicted molar refractivity (Wildman–Crippen MR) is 74.2 cm³/mol. The van der Waals surface area contributed by atoms with Gasteiger partial charge >= 0.3 is 0 Å². The van der Waals surface area contributed by atoms with Crippen LogP contribution >= 0.6 is 0 Å². The summed E-state index contributed by atoms with van der Waals surface area (Å²) in [4.78, 5) is 9.00. The molecule has 2 aromatic heterocycles. The number of hydrogen-bond acceptors (Lipinski definition) is 4. The van der Waals surface area contributed by atoms with Gasteiger partial charge in [0.15, 0.2) is 0 Å². The molecule has 90 valence electrons. The van der Waals surface area contributed by atoms with Gasteiger partial charge in [0.25, 0.3) is 0 Å². The Hall–Kier alpha value is -2.20. The van der Waals surface area contributed by atoms with Crippen LogP contribution in [0, 0.1) is 0 Å². The maximum absolute atomic E-state index is 5.53. The van der Waals surface area contributed by atoms with Crippen molar-refractivity contribution in [1.82, 2.24) is 9.97 Å². The van der Waals surface area contributed by atoms with Gasteiger partial charge in [0.1, 0.15) is 5.82 Å². The van der Waals surface area contributed by atoms with Crippen molar-refractivity contribution >= 4 is 27.6 Å². The summed E-state index contributed by atoms with van der Waals surface area (Å²) in [7, 11) is 0. The summed E-state index contributed by atoms with van der Waals surface area (Å²) < 4.78 is 0. The Morgan fingerprint density at radius 3 is 2.78 bits per heavy atom. The van der Waals surface area contributed by atoms with E-state index < -0.39 is 0 Å². The molecular weight excluding hydrogens is 224 g/mol. The van der Waals surface area contributed by atoms with Crippen molar-refractivity contribution in [3.63, 3.8) is 0 Å². The van der Waals surface area contributed by atoms with E-state index in [2.05, 4.69) is 40.5 Å². The molecule has 2 heterocycles. The summed E-state index contributed by atoms with van der Waals surface area (Å²) in [5.74, 6) is 6.25. The molecule has 1 aromatic carbocycles. The minimum absolute atomic E-state index is 0.725. The summed E-state index contributed by atoms with van der Waals surface area (Å²) in [6.07, 6.45) is 2.68. The van der Waals surface area contributed by atoms with E-state index in [0.717, 1.165) is 39.6 Å². The highest BCUT2D eigenvalue weighted by atomic mass is 15.2. The first-order chi connectivity index (χ1) is 8.83. The number of hydrogen-bond donors (Lipinski definition) is 2. The van der Waals surface area contributed by atoms with E-state index in [1.165, 1.54) is 0 Å². The summed E-state index contributed by atoms with van der Waals surface area (Å²) in [6.45, 7) is 2.09. The molecule has 0 aliphatic carbocycles. The molecule has 0 aliphatic rings. The number of rotatable bonds is 2. The van der Waals surface area contributed by atoms with Crippen molar-refractivity contribution in [2.24, 2.45) is 5.84 Å². The zero-order valence-electron chi connectivity index (χ0n) is 10.1. The van der Waals surface area contributed by atoms with Crippen LogP contribution in [0.2, 0.25) is 0 Å². The molecule has 0 unspecified atom stereocenters. The topological polar surface area (TPSA) is 63.8 Å². The maximum Gasteiger partial charge on any atom is 0.143 e. The normalized spacial score (nSPS) is 11.0. The molecule has 0 spiro atoms. The van der Waals surface area contributed by atoms with Gasteiger partial charge in [-0.05, 0) is 24.1 Å². The van der Waals surface area contributed by atoms with Gasteiger partial charge in [0.05, 0.1) is 11.0 Å². The Kier molecular flexibility index (Phi) is 2.57. The van der Waals surface area contributed by atoms with Gasteiger partial charge in [-0.3, -0.25) is 4.98 Å². The van der Waals surface area contributed by atoms with Crippen molar-refractivity contribution in [1.29, 1.82) is 0 Å². The molecule has 4 nitrogen and oxygen atoms in total. The Morgan fingerprint density at radius 2 is 2.00 bits per heavy atom. The van der Waals surface area contributed by atoms with E-state index in [4.69, 9.17) is 5.84 Å². The number of anilines is 1. The molecule has 0 saturated heterocycles. The van der Waals surface area contributed by atoms with E-state index in [9.17, 15) is 0 Å². The Labute approximate surface area is 105 Å². The fourth-order valence-electron chi connectivity index (χ4n) is 2.21. The van der Waals surface area contributed by atoms with Crippen LogP contribution in [-0.4, -0.2) is 9.97 Å². The Bertz CT molecular complexity index is 721. The summed E-state index contributed by atoms with van der Waals surface area (Å²) in [6, 6.07) is 10.2. The number of pyridine rings is 2. The molecule has 0 radical (unpaired) electrons. The van der Waals surface area contributed by atoms with E-state index in [1.807, 2.05) is 12.1 Å². The minimum Gasteiger partial charge on any atom is -0.308 e. The zero-order valence-corrected chi connectivity index (χ0v) is 10.1. The Balaban J connectivity index is 2.43. The molecule has 0 bridgehead atoms. The molecule has 3 rings (SSSR count). The van der Waals surface area contributed by atoms with Crippen molar-refractivity contribution in [2.75, 3.05) is 5.43 Å². The van der Waals surface area contributed by atoms with Crippen LogP contribution in [0.5, 0.6) is 0 Å². The van der Waals surface area contributed by atoms with Crippen LogP contribution in [0.25, 0.3) is 21.8 Å². The molecule has 3 N–H and O–H groups in total. The van der Waals surface area contributed by atoms with Gasteiger partial charge in [-0.1, -0.05) is 25.1 Å². The van der Waals surface area contributed by atoms with Crippen molar-refractivity contribution in [3.8, 4) is 0 Å². The van der Waals surface area contributed by atoms with Crippen LogP contribution in [0.1, 0.15) is 12.5 Å². The van der Waals surface area contributed by atoms with Crippen LogP contribution in [0.15, 0.2) is 36.5 Å². The number of nitrogens with two attached hydrogens (primary N) is 1. The number of aryl methyl sites for hydroxylation is 1. The van der Waals surface area contributed by atoms with E-state index in [0.29, 0.717) is 0 Å². The summed E-state index contributed by atoms with van der Waals surface area (Å²) in [5, 5.41) is 2.18. The zero-order chi connectivity index (χ0) is 12.5. The number of nitrogen functional groups attached to an aromatic ring is 1. The maximum atomic E-state index is 5.53. The quantitative estimate of drug-likeness (QED) is 0.409. The van der Waals surface area contributed by atoms with Gasteiger partial charge in [-0.25, -0.2) is 10.8 Å². The van der Waals surface area contributed by atoms with Crippen molar-refractivity contribution in [2.45, 2.75) is 13.3 Å². The fraction of sp³-hybridized carbons (Fsp3) is 0.143. The molecule has 3 aromatic rings. The predicted octanol–water partition coefficient (Wildman–Crippen LogP) is 2.63. The van der Waals surface area contributed by atoms with Crippen LogP contribution < -0.4 is 11.3 Å². The number of nitrogens with one attached hydrogen (secondary N) is 1. The number of hydrazine groups is 1. The van der Waals surface area contributed by atoms with Gasteiger partial charge in [0.2, 0.25) is 0 Å². The molecule has 18 heavy (non-hydrogen) atoms. The molecule has 4 heteroatoms. The smallest absolute Gasteiger partial charge is 0.143 e. The van der Waals surface area contributed by atoms with Crippen LogP contribution in [0.3, 0.4) is 0 Å². The van der Waals surface area contributed by atoms with Crippen LogP contribution in [-0.2, 0) is 6.42 Å². The average molecular weight is 238 g/mol. The van der Waals surface area contributed by atoms with Crippen LogP contribution in [0.4, 0.5) is 5.82 Å². The van der Waals surface area contributed by atoms with E-state index in [-0.39, 0.29) is 0 Å². The van der Waals surface area contributed by atoms with E-state index >= 15 is 0 Å². The fourth-order valence-corrected chi connectivity index (χ4v) is 2.21. The first-order valence-corrected chi connectivity index (χ1v) is 5.97. The van der Waals surface area contributed by atoms with Gasteiger partial charge in [-0.2, -0.15) is 0 Å². The van der Waals surface area contributed by atoms with Crippen molar-refractivity contribution in [3.05, 3.63) is 42.1 Å². The second kappa shape index (κ2) is 4.23. The highest BCUT2D eigenvalue weighted by molar-refractivity contribution is 6.03. The number of benzene rings is 1. The SMILES string of the molecule is CCc1cc2ccc3cccnc3c2nc1NN. The lowest BCUT2D eigenvalue weighted by Gasteiger charge is -2.09. The minimum atomic E-state index is 0.725. The first kappa shape index (κ1) is 10.9. The standard InChI is InChI=1S/C14H14N4/c1-2-9-8-11-6-5-10-4-3-7-16-12(10)13(11)17-14(9)18-15/h3-8H,2,15H2,1H3,(H,17,18). The largest absolute Gasteiger partial charge is 0.308 e. The monoisotopic (exact) mass is 238 g/mol. The molecular formula is C14H14N4. The highest BCUT2D eigenvalue weighted by Gasteiger charge is 2.07. The summed E-state index contributed by atoms with van der Waals surface area (Å²) in [5.41, 5.74) is 5.57. The van der Waals surface area contributed by atoms with Gasteiger partial charge in [0, 0.05) is 17.0 Å². The van der Waals surface area contributed by atoms with Gasteiger partial charge < -0.3 is 5.43 Å². The molecule has 0 fully saturated rings. The lowest BCUT2D eigenvalue weighted by atomic mass is 10.1. The molecule has 0 amide bonds. The van der Waals surface area contributed by atoms with Gasteiger partial charge in [-0.15, -0.1) is 0 Å². The van der Waals surface area contributed by atoms with Crippen molar-refractivity contribution < 1.29 is 0 Å². The second-order valence-corrected chi connectivity index (χ2v) is 4.21. The van der Waals surface area contributed by atoms with E-state index in [1.54, 1.807) is 6.20 Å². The lowest BCUT2D eigenvalue weighted by molar-refractivity contribution is 1.10. The average Bonchev–Trinajstić information content (AvgIpc) is 2.45. The third-order valence-corrected chi connectivity index (χ3v) is 3.15. The molecule has 0 saturated carbocycles. The molecule has 0 atom stereocenters.